The molecule has 0 aromatic heterocycles. The number of alkyl halides is 2. The predicted octanol–water partition coefficient (Wildman–Crippen LogP) is 1.61. The standard InChI is InChI=1S/C11H13F3N2O3S/c12-7-3-8(15)9(4-10(7)19-11(13)14)16-6-1-2-20(17,18)5-6/h3-4,6,11,16H,1-2,5,15H2. The summed E-state index contributed by atoms with van der Waals surface area (Å²) in [5.74, 6) is -1.67. The van der Waals surface area contributed by atoms with Gasteiger partial charge in [-0.25, -0.2) is 12.8 Å². The number of hydrogen-bond donors (Lipinski definition) is 2. The normalized spacial score (nSPS) is 21.1. The molecule has 0 saturated carbocycles. The van der Waals surface area contributed by atoms with Gasteiger partial charge < -0.3 is 15.8 Å². The van der Waals surface area contributed by atoms with Crippen LogP contribution < -0.4 is 15.8 Å². The first-order chi connectivity index (χ1) is 9.27. The van der Waals surface area contributed by atoms with E-state index in [-0.39, 0.29) is 28.9 Å². The number of sulfone groups is 1. The maximum absolute atomic E-state index is 13.4. The summed E-state index contributed by atoms with van der Waals surface area (Å²) in [6.45, 7) is -3.16. The van der Waals surface area contributed by atoms with Crippen molar-refractivity contribution in [2.24, 2.45) is 0 Å². The first-order valence-electron chi connectivity index (χ1n) is 5.77. The molecule has 0 spiro atoms. The zero-order valence-corrected chi connectivity index (χ0v) is 11.1. The van der Waals surface area contributed by atoms with Gasteiger partial charge in [-0.15, -0.1) is 0 Å². The topological polar surface area (TPSA) is 81.4 Å². The van der Waals surface area contributed by atoms with Crippen LogP contribution in [0.1, 0.15) is 6.42 Å². The van der Waals surface area contributed by atoms with E-state index in [0.29, 0.717) is 6.42 Å². The van der Waals surface area contributed by atoms with Crippen LogP contribution in [-0.2, 0) is 9.84 Å². The summed E-state index contributed by atoms with van der Waals surface area (Å²) < 4.78 is 64.3. The van der Waals surface area contributed by atoms with Crippen LogP contribution in [0.2, 0.25) is 0 Å². The fraction of sp³-hybridized carbons (Fsp3) is 0.455. The second-order valence-electron chi connectivity index (χ2n) is 4.49. The summed E-state index contributed by atoms with van der Waals surface area (Å²) in [6.07, 6.45) is 0.379. The average molecular weight is 310 g/mol. The fourth-order valence-electron chi connectivity index (χ4n) is 2.01. The van der Waals surface area contributed by atoms with Crippen LogP contribution in [0.5, 0.6) is 5.75 Å². The van der Waals surface area contributed by atoms with Crippen molar-refractivity contribution < 1.29 is 26.3 Å². The van der Waals surface area contributed by atoms with Gasteiger partial charge in [0.2, 0.25) is 0 Å². The SMILES string of the molecule is Nc1cc(F)c(OC(F)F)cc1NC1CCS(=O)(=O)C1. The second-order valence-corrected chi connectivity index (χ2v) is 6.72. The molecule has 1 heterocycles. The number of benzene rings is 1. The van der Waals surface area contributed by atoms with Crippen LogP contribution in [0, 0.1) is 5.82 Å². The Balaban J connectivity index is 2.19. The molecule has 1 saturated heterocycles. The molecule has 1 unspecified atom stereocenters. The molecule has 1 aromatic carbocycles. The highest BCUT2D eigenvalue weighted by Crippen LogP contribution is 2.30. The van der Waals surface area contributed by atoms with E-state index < -0.39 is 28.0 Å². The second kappa shape index (κ2) is 5.39. The largest absolute Gasteiger partial charge is 0.432 e. The van der Waals surface area contributed by atoms with E-state index in [1.165, 1.54) is 0 Å². The summed E-state index contributed by atoms with van der Waals surface area (Å²) in [5, 5.41) is 2.81. The minimum absolute atomic E-state index is 0.00610. The van der Waals surface area contributed by atoms with Gasteiger partial charge in [-0.2, -0.15) is 8.78 Å². The zero-order valence-electron chi connectivity index (χ0n) is 10.3. The van der Waals surface area contributed by atoms with Crippen LogP contribution in [0.3, 0.4) is 0 Å². The molecule has 112 valence electrons. The predicted molar refractivity (Wildman–Crippen MR) is 68.1 cm³/mol. The van der Waals surface area contributed by atoms with Gasteiger partial charge in [0.25, 0.3) is 0 Å². The number of nitrogen functional groups attached to an aromatic ring is 1. The Hall–Kier alpha value is -1.64. The molecule has 1 aromatic rings. The number of ether oxygens (including phenoxy) is 1. The van der Waals surface area contributed by atoms with Crippen molar-refractivity contribution in [2.45, 2.75) is 19.1 Å². The van der Waals surface area contributed by atoms with Crippen LogP contribution in [0.4, 0.5) is 24.5 Å². The van der Waals surface area contributed by atoms with Gasteiger partial charge in [0.1, 0.15) is 0 Å². The monoisotopic (exact) mass is 310 g/mol. The van der Waals surface area contributed by atoms with Crippen LogP contribution in [0.15, 0.2) is 12.1 Å². The van der Waals surface area contributed by atoms with Crippen LogP contribution in [-0.4, -0.2) is 32.6 Å². The molecule has 0 amide bonds. The van der Waals surface area contributed by atoms with E-state index in [1.807, 2.05) is 0 Å². The third-order valence-electron chi connectivity index (χ3n) is 2.91. The van der Waals surface area contributed by atoms with Gasteiger partial charge in [-0.3, -0.25) is 0 Å². The average Bonchev–Trinajstić information content (AvgIpc) is 2.64. The summed E-state index contributed by atoms with van der Waals surface area (Å²) in [6, 6.07) is 1.47. The van der Waals surface area contributed by atoms with Crippen LogP contribution in [0.25, 0.3) is 0 Å². The fourth-order valence-corrected chi connectivity index (χ4v) is 3.68. The summed E-state index contributed by atoms with van der Waals surface area (Å²) >= 11 is 0. The number of hydrogen-bond acceptors (Lipinski definition) is 5. The molecule has 2 rings (SSSR count). The molecule has 5 nitrogen and oxygen atoms in total. The van der Waals surface area contributed by atoms with Crippen LogP contribution >= 0.6 is 0 Å². The molecule has 0 bridgehead atoms. The molecule has 1 aliphatic heterocycles. The molecule has 0 aliphatic carbocycles. The van der Waals surface area contributed by atoms with Gasteiger partial charge >= 0.3 is 6.61 Å². The maximum atomic E-state index is 13.4. The highest BCUT2D eigenvalue weighted by Gasteiger charge is 2.28. The molecular formula is C11H13F3N2O3S. The first-order valence-corrected chi connectivity index (χ1v) is 7.60. The number of nitrogens with two attached hydrogens (primary N) is 1. The molecule has 1 aliphatic rings. The lowest BCUT2D eigenvalue weighted by molar-refractivity contribution is -0.0521. The van der Waals surface area contributed by atoms with E-state index in [4.69, 9.17) is 5.73 Å². The smallest absolute Gasteiger partial charge is 0.387 e. The number of nitrogens with one attached hydrogen (secondary N) is 1. The minimum atomic E-state index is -3.16. The van der Waals surface area contributed by atoms with E-state index in [9.17, 15) is 21.6 Å². The zero-order chi connectivity index (χ0) is 14.9. The summed E-state index contributed by atoms with van der Waals surface area (Å²) in [5.41, 5.74) is 5.74. The Bertz CT molecular complexity index is 607. The van der Waals surface area contributed by atoms with Crippen molar-refractivity contribution in [1.29, 1.82) is 0 Å². The van der Waals surface area contributed by atoms with Crippen molar-refractivity contribution in [1.82, 2.24) is 0 Å². The summed E-state index contributed by atoms with van der Waals surface area (Å²) in [7, 11) is -3.09. The van der Waals surface area contributed by atoms with Gasteiger partial charge in [-0.1, -0.05) is 0 Å². The highest BCUT2D eigenvalue weighted by atomic mass is 32.2. The van der Waals surface area contributed by atoms with Gasteiger partial charge in [0.05, 0.1) is 22.9 Å². The van der Waals surface area contributed by atoms with Gasteiger partial charge in [0, 0.05) is 18.2 Å². The lowest BCUT2D eigenvalue weighted by atomic mass is 10.2. The lowest BCUT2D eigenvalue weighted by Gasteiger charge is -2.16. The molecule has 9 heteroatoms. The number of halogens is 3. The highest BCUT2D eigenvalue weighted by molar-refractivity contribution is 7.91. The molecule has 1 atom stereocenters. The Morgan fingerprint density at radius 3 is 2.65 bits per heavy atom. The van der Waals surface area contributed by atoms with E-state index in [1.54, 1.807) is 0 Å². The Morgan fingerprint density at radius 2 is 2.10 bits per heavy atom. The molecular weight excluding hydrogens is 297 g/mol. The third-order valence-corrected chi connectivity index (χ3v) is 4.68. The molecule has 0 radical (unpaired) electrons. The maximum Gasteiger partial charge on any atom is 0.387 e. The van der Waals surface area contributed by atoms with Gasteiger partial charge in [0.15, 0.2) is 21.4 Å². The van der Waals surface area contributed by atoms with Gasteiger partial charge in [-0.05, 0) is 6.42 Å². The molecule has 1 fully saturated rings. The Kier molecular flexibility index (Phi) is 3.98. The van der Waals surface area contributed by atoms with E-state index >= 15 is 0 Å². The Morgan fingerprint density at radius 1 is 1.40 bits per heavy atom. The number of anilines is 2. The molecule has 3 N–H and O–H groups in total. The third kappa shape index (κ3) is 3.47. The Labute approximate surface area is 113 Å². The van der Waals surface area contributed by atoms with Crippen molar-refractivity contribution >= 4 is 21.2 Å². The lowest BCUT2D eigenvalue weighted by Crippen LogP contribution is -2.21. The van der Waals surface area contributed by atoms with Crippen molar-refractivity contribution in [3.63, 3.8) is 0 Å². The van der Waals surface area contributed by atoms with E-state index in [0.717, 1.165) is 12.1 Å². The molecule has 20 heavy (non-hydrogen) atoms. The minimum Gasteiger partial charge on any atom is -0.432 e. The van der Waals surface area contributed by atoms with Crippen molar-refractivity contribution in [3.05, 3.63) is 17.9 Å². The van der Waals surface area contributed by atoms with Crippen molar-refractivity contribution in [3.8, 4) is 5.75 Å². The van der Waals surface area contributed by atoms with E-state index in [2.05, 4.69) is 10.1 Å². The van der Waals surface area contributed by atoms with Crippen molar-refractivity contribution in [2.75, 3.05) is 22.6 Å². The summed E-state index contributed by atoms with van der Waals surface area (Å²) in [4.78, 5) is 0. The number of rotatable bonds is 4. The first kappa shape index (κ1) is 14.8. The quantitative estimate of drug-likeness (QED) is 0.826.